The molecule has 0 aromatic heterocycles. The normalized spacial score (nSPS) is 13.0. The van der Waals surface area contributed by atoms with Crippen LogP contribution in [-0.4, -0.2) is 12.2 Å². The summed E-state index contributed by atoms with van der Waals surface area (Å²) in [6.45, 7) is 3.42. The van der Waals surface area contributed by atoms with E-state index in [1.54, 1.807) is 45.2 Å². The van der Waals surface area contributed by atoms with Crippen molar-refractivity contribution in [2.45, 2.75) is 20.0 Å². The van der Waals surface area contributed by atoms with Crippen LogP contribution >= 0.6 is 0 Å². The molecule has 0 spiro atoms. The molecule has 1 atom stereocenters. The fourth-order valence-corrected chi connectivity index (χ4v) is 1.26. The summed E-state index contributed by atoms with van der Waals surface area (Å²) in [7, 11) is 1.59. The van der Waals surface area contributed by atoms with Crippen LogP contribution in [0.25, 0.3) is 0 Å². The van der Waals surface area contributed by atoms with Gasteiger partial charge in [-0.25, -0.2) is 0 Å². The fourth-order valence-electron chi connectivity index (χ4n) is 1.26. The molecule has 0 radical (unpaired) electrons. The van der Waals surface area contributed by atoms with Crippen molar-refractivity contribution < 1.29 is 9.84 Å². The number of nitriles is 1. The monoisotopic (exact) mass is 205 g/mol. The SMILES string of the molecule is COc1ccc([C@@H](O)C(C)(C)C#N)cc1. The van der Waals surface area contributed by atoms with Gasteiger partial charge in [-0.15, -0.1) is 0 Å². The Hall–Kier alpha value is -1.53. The molecule has 0 aliphatic carbocycles. The van der Waals surface area contributed by atoms with Crippen molar-refractivity contribution in [3.8, 4) is 11.8 Å². The van der Waals surface area contributed by atoms with E-state index in [1.807, 2.05) is 0 Å². The van der Waals surface area contributed by atoms with Crippen molar-refractivity contribution in [2.24, 2.45) is 5.41 Å². The van der Waals surface area contributed by atoms with Crippen LogP contribution < -0.4 is 4.74 Å². The molecule has 3 nitrogen and oxygen atoms in total. The molecule has 0 saturated heterocycles. The van der Waals surface area contributed by atoms with Crippen molar-refractivity contribution >= 4 is 0 Å². The number of hydrogen-bond donors (Lipinski definition) is 1. The van der Waals surface area contributed by atoms with Crippen LogP contribution in [-0.2, 0) is 0 Å². The summed E-state index contributed by atoms with van der Waals surface area (Å²) in [5.41, 5.74) is -0.0587. The molecule has 1 aromatic rings. The number of aliphatic hydroxyl groups is 1. The molecule has 1 aromatic carbocycles. The lowest BCUT2D eigenvalue weighted by atomic mass is 9.84. The Morgan fingerprint density at radius 3 is 2.27 bits per heavy atom. The molecule has 0 unspecified atom stereocenters. The minimum atomic E-state index is -0.784. The lowest BCUT2D eigenvalue weighted by Gasteiger charge is -2.23. The van der Waals surface area contributed by atoms with Gasteiger partial charge < -0.3 is 9.84 Å². The third-order valence-electron chi connectivity index (χ3n) is 2.40. The van der Waals surface area contributed by atoms with E-state index in [4.69, 9.17) is 10.00 Å². The lowest BCUT2D eigenvalue weighted by Crippen LogP contribution is -2.19. The quantitative estimate of drug-likeness (QED) is 0.823. The Morgan fingerprint density at radius 2 is 1.87 bits per heavy atom. The molecule has 3 heteroatoms. The highest BCUT2D eigenvalue weighted by Crippen LogP contribution is 2.32. The van der Waals surface area contributed by atoms with E-state index in [0.29, 0.717) is 0 Å². The van der Waals surface area contributed by atoms with Crippen molar-refractivity contribution in [1.82, 2.24) is 0 Å². The first-order valence-corrected chi connectivity index (χ1v) is 4.74. The minimum Gasteiger partial charge on any atom is -0.497 e. The van der Waals surface area contributed by atoms with Gasteiger partial charge in [-0.05, 0) is 31.5 Å². The lowest BCUT2D eigenvalue weighted by molar-refractivity contribution is 0.0867. The molecule has 0 aliphatic rings. The molecule has 15 heavy (non-hydrogen) atoms. The van der Waals surface area contributed by atoms with Gasteiger partial charge in [0.15, 0.2) is 0 Å². The Labute approximate surface area is 89.9 Å². The molecule has 0 amide bonds. The number of rotatable bonds is 3. The number of aliphatic hydroxyl groups excluding tert-OH is 1. The first-order chi connectivity index (χ1) is 7.01. The van der Waals surface area contributed by atoms with Gasteiger partial charge in [0.25, 0.3) is 0 Å². The molecule has 1 N–H and O–H groups in total. The van der Waals surface area contributed by atoms with Gasteiger partial charge in [-0.3, -0.25) is 0 Å². The molecule has 0 heterocycles. The van der Waals surface area contributed by atoms with E-state index in [9.17, 15) is 5.11 Å². The van der Waals surface area contributed by atoms with Gasteiger partial charge in [0.2, 0.25) is 0 Å². The summed E-state index contributed by atoms with van der Waals surface area (Å²) >= 11 is 0. The minimum absolute atomic E-state index is 0.724. The molecular weight excluding hydrogens is 190 g/mol. The number of hydrogen-bond acceptors (Lipinski definition) is 3. The zero-order chi connectivity index (χ0) is 11.5. The number of benzene rings is 1. The Kier molecular flexibility index (Phi) is 3.33. The number of ether oxygens (including phenoxy) is 1. The molecule has 0 saturated carbocycles. The van der Waals surface area contributed by atoms with Crippen LogP contribution in [0, 0.1) is 16.7 Å². The number of nitrogens with zero attached hydrogens (tertiary/aromatic N) is 1. The Bertz CT molecular complexity index is 362. The van der Waals surface area contributed by atoms with Crippen LogP contribution in [0.15, 0.2) is 24.3 Å². The smallest absolute Gasteiger partial charge is 0.118 e. The van der Waals surface area contributed by atoms with Crippen LogP contribution in [0.3, 0.4) is 0 Å². The van der Waals surface area contributed by atoms with E-state index < -0.39 is 11.5 Å². The van der Waals surface area contributed by atoms with Crippen LogP contribution in [0.4, 0.5) is 0 Å². The summed E-state index contributed by atoms with van der Waals surface area (Å²) in [6, 6.07) is 9.16. The van der Waals surface area contributed by atoms with Crippen LogP contribution in [0.2, 0.25) is 0 Å². The standard InChI is InChI=1S/C12H15NO2/c1-12(2,8-13)11(14)9-4-6-10(15-3)7-5-9/h4-7,11,14H,1-3H3/t11-/m1/s1. The first kappa shape index (κ1) is 11.5. The molecule has 0 aliphatic heterocycles. The zero-order valence-electron chi connectivity index (χ0n) is 9.19. The summed E-state index contributed by atoms with van der Waals surface area (Å²) < 4.78 is 5.01. The van der Waals surface area contributed by atoms with Crippen molar-refractivity contribution in [2.75, 3.05) is 7.11 Å². The van der Waals surface area contributed by atoms with Gasteiger partial charge in [-0.2, -0.15) is 5.26 Å². The molecule has 0 fully saturated rings. The van der Waals surface area contributed by atoms with Gasteiger partial charge >= 0.3 is 0 Å². The summed E-state index contributed by atoms with van der Waals surface area (Å²) in [4.78, 5) is 0. The molecule has 1 rings (SSSR count). The largest absolute Gasteiger partial charge is 0.497 e. The summed E-state index contributed by atoms with van der Waals surface area (Å²) in [6.07, 6.45) is -0.784. The summed E-state index contributed by atoms with van der Waals surface area (Å²) in [5, 5.41) is 18.8. The highest BCUT2D eigenvalue weighted by Gasteiger charge is 2.28. The van der Waals surface area contributed by atoms with E-state index in [-0.39, 0.29) is 0 Å². The molecule has 0 bridgehead atoms. The van der Waals surface area contributed by atoms with E-state index in [1.165, 1.54) is 0 Å². The maximum Gasteiger partial charge on any atom is 0.118 e. The Morgan fingerprint density at radius 1 is 1.33 bits per heavy atom. The topological polar surface area (TPSA) is 53.2 Å². The highest BCUT2D eigenvalue weighted by atomic mass is 16.5. The second-order valence-corrected chi connectivity index (χ2v) is 4.01. The maximum atomic E-state index is 9.95. The van der Waals surface area contributed by atoms with Crippen LogP contribution in [0.1, 0.15) is 25.5 Å². The zero-order valence-corrected chi connectivity index (χ0v) is 9.19. The van der Waals surface area contributed by atoms with Crippen molar-refractivity contribution in [3.05, 3.63) is 29.8 Å². The second kappa shape index (κ2) is 4.33. The van der Waals surface area contributed by atoms with Crippen LogP contribution in [0.5, 0.6) is 5.75 Å². The average molecular weight is 205 g/mol. The first-order valence-electron chi connectivity index (χ1n) is 4.74. The Balaban J connectivity index is 2.93. The van der Waals surface area contributed by atoms with Gasteiger partial charge in [0.05, 0.1) is 24.7 Å². The fraction of sp³-hybridized carbons (Fsp3) is 0.417. The van der Waals surface area contributed by atoms with Gasteiger partial charge in [0.1, 0.15) is 5.75 Å². The summed E-state index contributed by atoms with van der Waals surface area (Å²) in [5.74, 6) is 0.737. The molecule has 80 valence electrons. The maximum absolute atomic E-state index is 9.95. The predicted octanol–water partition coefficient (Wildman–Crippen LogP) is 2.28. The highest BCUT2D eigenvalue weighted by molar-refractivity contribution is 5.30. The third-order valence-corrected chi connectivity index (χ3v) is 2.40. The van der Waals surface area contributed by atoms with Gasteiger partial charge in [-0.1, -0.05) is 12.1 Å². The van der Waals surface area contributed by atoms with Gasteiger partial charge in [0, 0.05) is 0 Å². The second-order valence-electron chi connectivity index (χ2n) is 4.01. The average Bonchev–Trinajstić information content (AvgIpc) is 2.28. The van der Waals surface area contributed by atoms with Crippen molar-refractivity contribution in [3.63, 3.8) is 0 Å². The predicted molar refractivity (Wildman–Crippen MR) is 57.3 cm³/mol. The number of methoxy groups -OCH3 is 1. The van der Waals surface area contributed by atoms with E-state index in [2.05, 4.69) is 6.07 Å². The molecular formula is C12H15NO2. The van der Waals surface area contributed by atoms with Crippen molar-refractivity contribution in [1.29, 1.82) is 5.26 Å². The van der Waals surface area contributed by atoms with E-state index >= 15 is 0 Å². The van der Waals surface area contributed by atoms with E-state index in [0.717, 1.165) is 11.3 Å². The third kappa shape index (κ3) is 2.48.